The van der Waals surface area contributed by atoms with Gasteiger partial charge < -0.3 is 19.9 Å². The zero-order valence-electron chi connectivity index (χ0n) is 14.6. The zero-order chi connectivity index (χ0) is 19.2. The number of nitrogens with one attached hydrogen (secondary N) is 1. The predicted octanol–water partition coefficient (Wildman–Crippen LogP) is 3.01. The van der Waals surface area contributed by atoms with Crippen LogP contribution in [0.15, 0.2) is 42.5 Å². The van der Waals surface area contributed by atoms with Crippen LogP contribution < -0.4 is 15.0 Å². The molecule has 0 aromatic heterocycles. The molecule has 0 bridgehead atoms. The van der Waals surface area contributed by atoms with Gasteiger partial charge in [-0.15, -0.1) is 0 Å². The monoisotopic (exact) mass is 379 g/mol. The van der Waals surface area contributed by atoms with Crippen molar-refractivity contribution in [1.82, 2.24) is 10.2 Å². The maximum absolute atomic E-state index is 13.1. The highest BCUT2D eigenvalue weighted by atomic mass is 19.2. The van der Waals surface area contributed by atoms with Crippen LogP contribution in [-0.2, 0) is 0 Å². The molecule has 1 N–H and O–H groups in total. The highest BCUT2D eigenvalue weighted by Gasteiger charge is 2.21. The van der Waals surface area contributed by atoms with Gasteiger partial charge >= 0.3 is 6.03 Å². The van der Waals surface area contributed by atoms with Crippen LogP contribution in [0.1, 0.15) is 0 Å². The lowest BCUT2D eigenvalue weighted by Gasteiger charge is -2.36. The molecule has 144 valence electrons. The van der Waals surface area contributed by atoms with E-state index in [1.807, 2.05) is 0 Å². The molecule has 2 amide bonds. The fourth-order valence-electron chi connectivity index (χ4n) is 2.82. The maximum Gasteiger partial charge on any atom is 0.317 e. The highest BCUT2D eigenvalue weighted by molar-refractivity contribution is 5.74. The molecule has 1 aliphatic rings. The number of urea groups is 1. The van der Waals surface area contributed by atoms with Crippen molar-refractivity contribution in [3.63, 3.8) is 0 Å². The summed E-state index contributed by atoms with van der Waals surface area (Å²) in [6.07, 6.45) is 0. The summed E-state index contributed by atoms with van der Waals surface area (Å²) in [4.78, 5) is 16.0. The Morgan fingerprint density at radius 3 is 2.33 bits per heavy atom. The molecule has 0 atom stereocenters. The molecule has 5 nitrogen and oxygen atoms in total. The zero-order valence-corrected chi connectivity index (χ0v) is 14.6. The second kappa shape index (κ2) is 8.66. The van der Waals surface area contributed by atoms with E-state index in [4.69, 9.17) is 4.74 Å². The minimum atomic E-state index is -0.976. The van der Waals surface area contributed by atoms with Crippen molar-refractivity contribution in [1.29, 1.82) is 0 Å². The topological polar surface area (TPSA) is 44.8 Å². The van der Waals surface area contributed by atoms with Crippen molar-refractivity contribution in [2.45, 2.75) is 0 Å². The highest BCUT2D eigenvalue weighted by Crippen LogP contribution is 2.17. The van der Waals surface area contributed by atoms with Crippen LogP contribution >= 0.6 is 0 Å². The normalized spacial score (nSPS) is 14.2. The minimum Gasteiger partial charge on any atom is -0.492 e. The molecule has 27 heavy (non-hydrogen) atoms. The van der Waals surface area contributed by atoms with Gasteiger partial charge in [0.2, 0.25) is 0 Å². The summed E-state index contributed by atoms with van der Waals surface area (Å²) in [5.74, 6) is -1.98. The smallest absolute Gasteiger partial charge is 0.317 e. The van der Waals surface area contributed by atoms with E-state index in [2.05, 4.69) is 10.2 Å². The van der Waals surface area contributed by atoms with E-state index in [1.54, 1.807) is 17.0 Å². The molecule has 0 radical (unpaired) electrons. The first-order valence-corrected chi connectivity index (χ1v) is 8.64. The molecule has 1 aliphatic heterocycles. The number of carbonyl (C=O) groups is 1. The first-order valence-electron chi connectivity index (χ1n) is 8.64. The quantitative estimate of drug-likeness (QED) is 0.813. The maximum atomic E-state index is 13.1. The summed E-state index contributed by atoms with van der Waals surface area (Å²) in [7, 11) is 0. The van der Waals surface area contributed by atoms with Crippen LogP contribution in [0.4, 0.5) is 23.7 Å². The third kappa shape index (κ3) is 5.06. The van der Waals surface area contributed by atoms with E-state index < -0.39 is 11.6 Å². The number of hydrogen-bond acceptors (Lipinski definition) is 3. The third-order valence-electron chi connectivity index (χ3n) is 4.30. The molecule has 1 fully saturated rings. The summed E-state index contributed by atoms with van der Waals surface area (Å²) in [5, 5.41) is 2.74. The standard InChI is InChI=1S/C19H20F3N3O2/c20-14-1-3-15(4-2-14)24-8-10-25(11-9-24)19(26)23-7-12-27-16-5-6-17(21)18(22)13-16/h1-6,13H,7-12H2,(H,23,26). The molecule has 1 heterocycles. The SMILES string of the molecule is O=C(NCCOc1ccc(F)c(F)c1)N1CCN(c2ccc(F)cc2)CC1. The number of ether oxygens (including phenoxy) is 1. The van der Waals surface area contributed by atoms with Crippen molar-refractivity contribution in [2.24, 2.45) is 0 Å². The van der Waals surface area contributed by atoms with Crippen molar-refractivity contribution >= 4 is 11.7 Å². The number of nitrogens with zero attached hydrogens (tertiary/aromatic N) is 2. The van der Waals surface area contributed by atoms with Crippen LogP contribution in [0.25, 0.3) is 0 Å². The van der Waals surface area contributed by atoms with E-state index in [0.29, 0.717) is 26.2 Å². The van der Waals surface area contributed by atoms with E-state index >= 15 is 0 Å². The summed E-state index contributed by atoms with van der Waals surface area (Å²) >= 11 is 0. The molecule has 2 aromatic carbocycles. The van der Waals surface area contributed by atoms with E-state index in [1.165, 1.54) is 18.2 Å². The Hall–Kier alpha value is -2.90. The number of halogens is 3. The molecule has 0 unspecified atom stereocenters. The van der Waals surface area contributed by atoms with Gasteiger partial charge in [-0.05, 0) is 36.4 Å². The second-order valence-electron chi connectivity index (χ2n) is 6.11. The van der Waals surface area contributed by atoms with Crippen LogP contribution in [0, 0.1) is 17.5 Å². The summed E-state index contributed by atoms with van der Waals surface area (Å²) in [6, 6.07) is 9.36. The Morgan fingerprint density at radius 2 is 1.67 bits per heavy atom. The molecule has 3 rings (SSSR count). The molecular weight excluding hydrogens is 359 g/mol. The van der Waals surface area contributed by atoms with Crippen LogP contribution in [0.2, 0.25) is 0 Å². The Kier molecular flexibility index (Phi) is 6.05. The number of carbonyl (C=O) groups excluding carboxylic acids is 1. The molecule has 0 saturated carbocycles. The number of anilines is 1. The number of piperazine rings is 1. The Labute approximate surface area is 155 Å². The van der Waals surface area contributed by atoms with E-state index in [0.717, 1.165) is 17.8 Å². The first-order chi connectivity index (χ1) is 13.0. The average molecular weight is 379 g/mol. The lowest BCUT2D eigenvalue weighted by atomic mass is 10.2. The molecule has 1 saturated heterocycles. The summed E-state index contributed by atoms with van der Waals surface area (Å²) < 4.78 is 44.2. The Balaban J connectivity index is 1.38. The summed E-state index contributed by atoms with van der Waals surface area (Å²) in [6.45, 7) is 2.80. The molecule has 0 spiro atoms. The second-order valence-corrected chi connectivity index (χ2v) is 6.11. The predicted molar refractivity (Wildman–Crippen MR) is 95.4 cm³/mol. The van der Waals surface area contributed by atoms with Crippen molar-refractivity contribution in [2.75, 3.05) is 44.2 Å². The lowest BCUT2D eigenvalue weighted by molar-refractivity contribution is 0.191. The fourth-order valence-corrected chi connectivity index (χ4v) is 2.82. The number of amides is 2. The number of rotatable bonds is 5. The van der Waals surface area contributed by atoms with Gasteiger partial charge in [-0.25, -0.2) is 18.0 Å². The largest absolute Gasteiger partial charge is 0.492 e. The Bertz CT molecular complexity index is 778. The van der Waals surface area contributed by atoms with Gasteiger partial charge in [0.05, 0.1) is 6.54 Å². The van der Waals surface area contributed by atoms with Crippen LogP contribution in [0.3, 0.4) is 0 Å². The summed E-state index contributed by atoms with van der Waals surface area (Å²) in [5.41, 5.74) is 0.927. The van der Waals surface area contributed by atoms with E-state index in [-0.39, 0.29) is 30.7 Å². The minimum absolute atomic E-state index is 0.145. The van der Waals surface area contributed by atoms with Crippen molar-refractivity contribution in [3.8, 4) is 5.75 Å². The lowest BCUT2D eigenvalue weighted by Crippen LogP contribution is -2.52. The van der Waals surface area contributed by atoms with Gasteiger partial charge in [-0.3, -0.25) is 0 Å². The van der Waals surface area contributed by atoms with Gasteiger partial charge in [0, 0.05) is 37.9 Å². The number of hydrogen-bond donors (Lipinski definition) is 1. The number of benzene rings is 2. The van der Waals surface area contributed by atoms with Crippen molar-refractivity contribution in [3.05, 3.63) is 59.9 Å². The van der Waals surface area contributed by atoms with Gasteiger partial charge in [0.25, 0.3) is 0 Å². The van der Waals surface area contributed by atoms with Crippen LogP contribution in [0.5, 0.6) is 5.75 Å². The van der Waals surface area contributed by atoms with Gasteiger partial charge in [0.1, 0.15) is 18.2 Å². The molecule has 2 aromatic rings. The molecule has 0 aliphatic carbocycles. The van der Waals surface area contributed by atoms with Crippen LogP contribution in [-0.4, -0.2) is 50.3 Å². The van der Waals surface area contributed by atoms with E-state index in [9.17, 15) is 18.0 Å². The first kappa shape index (κ1) is 18.9. The van der Waals surface area contributed by atoms with Gasteiger partial charge in [-0.2, -0.15) is 0 Å². The van der Waals surface area contributed by atoms with Gasteiger partial charge in [0.15, 0.2) is 11.6 Å². The molecular formula is C19H20F3N3O2. The van der Waals surface area contributed by atoms with Crippen molar-refractivity contribution < 1.29 is 22.7 Å². The average Bonchev–Trinajstić information content (AvgIpc) is 2.68. The Morgan fingerprint density at radius 1 is 0.963 bits per heavy atom. The van der Waals surface area contributed by atoms with Gasteiger partial charge in [-0.1, -0.05) is 0 Å². The molecule has 8 heteroatoms. The fraction of sp³-hybridized carbons (Fsp3) is 0.316. The third-order valence-corrected chi connectivity index (χ3v) is 4.30.